The van der Waals surface area contributed by atoms with Crippen LogP contribution < -0.4 is 14.4 Å². The molecule has 3 aromatic carbocycles. The lowest BCUT2D eigenvalue weighted by atomic mass is 9.67. The second kappa shape index (κ2) is 18.2. The fourth-order valence-electron chi connectivity index (χ4n) is 7.52. The van der Waals surface area contributed by atoms with Crippen molar-refractivity contribution in [2.45, 2.75) is 63.5 Å². The first-order chi connectivity index (χ1) is 24.3. The number of allylic oxidation sites excluding steroid dienone is 2. The number of aldehydes is 1. The molecule has 1 aliphatic carbocycles. The average Bonchev–Trinajstić information content (AvgIpc) is 3.28. The molecule has 0 aromatic heterocycles. The molecule has 50 heavy (non-hydrogen) atoms. The van der Waals surface area contributed by atoms with Crippen LogP contribution in [0.25, 0.3) is 0 Å². The Hall–Kier alpha value is -3.46. The highest BCUT2D eigenvalue weighted by Gasteiger charge is 2.39. The summed E-state index contributed by atoms with van der Waals surface area (Å²) in [6.45, 7) is 6.23. The highest BCUT2D eigenvalue weighted by Crippen LogP contribution is 2.44. The summed E-state index contributed by atoms with van der Waals surface area (Å²) >= 11 is 6.43. The second-order valence-corrected chi connectivity index (χ2v) is 15.8. The van der Waals surface area contributed by atoms with Crippen LogP contribution in [0, 0.1) is 23.7 Å². The summed E-state index contributed by atoms with van der Waals surface area (Å²) in [6.07, 6.45) is 10.5. The largest absolute Gasteiger partial charge is 0.491 e. The average molecular weight is 719 g/mol. The van der Waals surface area contributed by atoms with Crippen LogP contribution in [0.3, 0.4) is 0 Å². The Morgan fingerprint density at radius 2 is 1.84 bits per heavy atom. The van der Waals surface area contributed by atoms with E-state index in [1.807, 2.05) is 48.5 Å². The minimum atomic E-state index is -1.63. The van der Waals surface area contributed by atoms with Crippen molar-refractivity contribution < 1.29 is 23.3 Å². The molecule has 2 heterocycles. The summed E-state index contributed by atoms with van der Waals surface area (Å²) < 4.78 is 27.5. The van der Waals surface area contributed by atoms with E-state index in [9.17, 15) is 13.8 Å². The van der Waals surface area contributed by atoms with Crippen LogP contribution in [-0.4, -0.2) is 55.6 Å². The van der Waals surface area contributed by atoms with E-state index in [1.165, 1.54) is 11.1 Å². The number of carbonyl (C=O) groups is 2. The van der Waals surface area contributed by atoms with E-state index in [0.717, 1.165) is 60.5 Å². The van der Waals surface area contributed by atoms with Crippen molar-refractivity contribution in [3.63, 3.8) is 0 Å². The van der Waals surface area contributed by atoms with Crippen LogP contribution in [0.1, 0.15) is 72.5 Å². The summed E-state index contributed by atoms with van der Waals surface area (Å²) in [7, 11) is 1.62. The number of hydrogen-bond donors (Lipinski definition) is 1. The van der Waals surface area contributed by atoms with Crippen LogP contribution in [-0.2, 0) is 33.4 Å². The van der Waals surface area contributed by atoms with Gasteiger partial charge in [0.1, 0.15) is 23.0 Å². The summed E-state index contributed by atoms with van der Waals surface area (Å²) in [5.41, 5.74) is 4.87. The predicted molar refractivity (Wildman–Crippen MR) is 204 cm³/mol. The van der Waals surface area contributed by atoms with Crippen molar-refractivity contribution in [3.05, 3.63) is 106 Å². The highest BCUT2D eigenvalue weighted by molar-refractivity contribution is 7.84. The van der Waals surface area contributed by atoms with Gasteiger partial charge in [-0.2, -0.15) is 0 Å². The summed E-state index contributed by atoms with van der Waals surface area (Å²) in [5.74, 6) is 0.915. The van der Waals surface area contributed by atoms with Gasteiger partial charge < -0.3 is 19.2 Å². The lowest BCUT2D eigenvalue weighted by molar-refractivity contribution is -0.112. The van der Waals surface area contributed by atoms with Gasteiger partial charge in [0, 0.05) is 49.7 Å². The number of fused-ring (bicyclic) bond motifs is 2. The number of anilines is 1. The monoisotopic (exact) mass is 718 g/mol. The number of carbonyl (C=O) groups excluding carboxylic acids is 2. The molecule has 1 saturated carbocycles. The molecule has 1 N–H and O–H groups in total. The van der Waals surface area contributed by atoms with Crippen molar-refractivity contribution in [1.82, 2.24) is 4.72 Å². The molecule has 7 nitrogen and oxygen atoms in total. The molecule has 7 unspecified atom stereocenters. The van der Waals surface area contributed by atoms with E-state index >= 15 is 0 Å². The third kappa shape index (κ3) is 9.25. The van der Waals surface area contributed by atoms with Crippen LogP contribution in [0.4, 0.5) is 5.69 Å². The smallest absolute Gasteiger partial charge is 0.263 e. The van der Waals surface area contributed by atoms with Gasteiger partial charge in [0.15, 0.2) is 0 Å². The topological polar surface area (TPSA) is 84.9 Å². The van der Waals surface area contributed by atoms with Crippen LogP contribution in [0.5, 0.6) is 5.75 Å². The van der Waals surface area contributed by atoms with Gasteiger partial charge in [-0.3, -0.25) is 9.52 Å². The van der Waals surface area contributed by atoms with Gasteiger partial charge in [-0.15, -0.1) is 0 Å². The fraction of sp³-hybridized carbons (Fsp3) is 0.463. The highest BCUT2D eigenvalue weighted by atomic mass is 35.5. The number of aryl methyl sites for hydroxylation is 1. The third-order valence-electron chi connectivity index (χ3n) is 10.3. The maximum Gasteiger partial charge on any atom is 0.263 e. The molecule has 3 aliphatic rings. The number of methoxy groups -OCH3 is 1. The first-order valence-corrected chi connectivity index (χ1v) is 19.4. The second-order valence-electron chi connectivity index (χ2n) is 13.9. The zero-order chi connectivity index (χ0) is 35.6. The Bertz CT molecular complexity index is 1650. The maximum atomic E-state index is 13.9. The van der Waals surface area contributed by atoms with E-state index < -0.39 is 11.0 Å². The van der Waals surface area contributed by atoms with Crippen molar-refractivity contribution in [1.29, 1.82) is 0 Å². The predicted octanol–water partition coefficient (Wildman–Crippen LogP) is 7.98. The number of ether oxygens (including phenoxy) is 2. The molecule has 2 aliphatic heterocycles. The zero-order valence-electron chi connectivity index (χ0n) is 29.7. The number of nitrogens with zero attached hydrogens (tertiary/aromatic N) is 1. The normalized spacial score (nSPS) is 27.2. The first kappa shape index (κ1) is 37.8. The fourth-order valence-corrected chi connectivity index (χ4v) is 9.04. The Balaban J connectivity index is 0.00000156. The third-order valence-corrected chi connectivity index (χ3v) is 12.1. The number of amides is 1. The Morgan fingerprint density at radius 3 is 2.54 bits per heavy atom. The van der Waals surface area contributed by atoms with Crippen LogP contribution in [0.15, 0.2) is 78.9 Å². The van der Waals surface area contributed by atoms with E-state index in [2.05, 4.69) is 52.5 Å². The lowest BCUT2D eigenvalue weighted by Crippen LogP contribution is -2.43. The Kier molecular flexibility index (Phi) is 13.7. The van der Waals surface area contributed by atoms with Crippen molar-refractivity contribution in [3.8, 4) is 5.75 Å². The lowest BCUT2D eigenvalue weighted by Gasteiger charge is -2.43. The van der Waals surface area contributed by atoms with Gasteiger partial charge in [0.25, 0.3) is 5.91 Å². The first-order valence-electron chi connectivity index (χ1n) is 17.8. The number of nitrogens with one attached hydrogen (secondary N) is 1. The molecular weight excluding hydrogens is 668 g/mol. The Labute approximate surface area is 305 Å². The molecular formula is C41H51ClN2O5S. The van der Waals surface area contributed by atoms with Crippen LogP contribution >= 0.6 is 11.6 Å². The number of hydrogen-bond acceptors (Lipinski definition) is 6. The zero-order valence-corrected chi connectivity index (χ0v) is 31.3. The van der Waals surface area contributed by atoms with E-state index in [0.29, 0.717) is 37.5 Å². The van der Waals surface area contributed by atoms with E-state index in [-0.39, 0.29) is 34.8 Å². The van der Waals surface area contributed by atoms with E-state index in [4.69, 9.17) is 16.3 Å². The summed E-state index contributed by atoms with van der Waals surface area (Å²) in [6, 6.07) is 21.7. The summed E-state index contributed by atoms with van der Waals surface area (Å²) in [4.78, 5) is 28.5. The van der Waals surface area contributed by atoms with Gasteiger partial charge in [0.05, 0.1) is 17.5 Å². The van der Waals surface area contributed by atoms with Gasteiger partial charge in [-0.25, -0.2) is 4.21 Å². The van der Waals surface area contributed by atoms with Crippen molar-refractivity contribution in [2.24, 2.45) is 23.7 Å². The molecule has 0 spiro atoms. The maximum absolute atomic E-state index is 13.9. The molecule has 2 bridgehead atoms. The van der Waals surface area contributed by atoms with Gasteiger partial charge in [-0.1, -0.05) is 80.4 Å². The van der Waals surface area contributed by atoms with Gasteiger partial charge >= 0.3 is 0 Å². The van der Waals surface area contributed by atoms with Crippen LogP contribution in [0.2, 0.25) is 5.02 Å². The van der Waals surface area contributed by atoms with E-state index in [1.54, 1.807) is 20.3 Å². The molecule has 7 atom stereocenters. The number of rotatable bonds is 6. The molecule has 0 saturated heterocycles. The van der Waals surface area contributed by atoms with Gasteiger partial charge in [0.2, 0.25) is 0 Å². The quantitative estimate of drug-likeness (QED) is 0.206. The van der Waals surface area contributed by atoms with Crippen molar-refractivity contribution in [2.75, 3.05) is 38.8 Å². The molecule has 6 rings (SSSR count). The SMILES string of the molecule is CCCc1cc(Cl)ccc1C1COc2ccc3cc2N(C1)CC1CCC1C(C=O)/C=C/CC(C)C(Cc1ccccc1)S(=O)NC3=O.COC. The van der Waals surface area contributed by atoms with Crippen molar-refractivity contribution >= 4 is 40.5 Å². The molecule has 0 radical (unpaired) electrons. The Morgan fingerprint density at radius 1 is 1.06 bits per heavy atom. The molecule has 1 fully saturated rings. The number of benzene rings is 3. The molecule has 3 aromatic rings. The molecule has 9 heteroatoms. The minimum Gasteiger partial charge on any atom is -0.491 e. The summed E-state index contributed by atoms with van der Waals surface area (Å²) in [5, 5.41) is 0.432. The van der Waals surface area contributed by atoms with Gasteiger partial charge in [-0.05, 0) is 96.9 Å². The molecule has 1 amide bonds. The molecule has 268 valence electrons. The number of halogens is 1. The minimum absolute atomic E-state index is 0.0170. The standard InChI is InChI=1S/C39H45ClN2O4S.C2H6O/c1-3-8-28-20-33(40)15-17-34(28)32-23-42-22-30-13-16-35(30)31(24-43)12-7-9-26(2)38(19-27-10-5-4-6-11-27)47(45)41-39(44)29-14-18-37(46-25-32)36(42)21-29;1-3-2/h4-7,10-12,14-15,17-18,20-21,24,26,30-32,35,38H,3,8-9,13,16,19,22-23,25H2,1-2H3,(H,41,44);1-2H3/b12-7+;.